The van der Waals surface area contributed by atoms with E-state index in [9.17, 15) is 14.0 Å². The molecule has 1 aliphatic heterocycles. The number of anilines is 1. The van der Waals surface area contributed by atoms with Crippen LogP contribution in [0.25, 0.3) is 5.69 Å². The Morgan fingerprint density at radius 3 is 2.39 bits per heavy atom. The van der Waals surface area contributed by atoms with E-state index in [0.29, 0.717) is 5.82 Å². The summed E-state index contributed by atoms with van der Waals surface area (Å²) in [6.45, 7) is 10.5. The van der Waals surface area contributed by atoms with Gasteiger partial charge in [-0.3, -0.25) is 14.5 Å². The summed E-state index contributed by atoms with van der Waals surface area (Å²) in [5.41, 5.74) is 6.46. The number of aromatic nitrogens is 2. The molecule has 0 spiro atoms. The summed E-state index contributed by atoms with van der Waals surface area (Å²) >= 11 is 1.57. The highest BCUT2D eigenvalue weighted by molar-refractivity contribution is 8.00. The van der Waals surface area contributed by atoms with Crippen molar-refractivity contribution >= 4 is 29.4 Å². The van der Waals surface area contributed by atoms with E-state index in [1.54, 1.807) is 28.8 Å². The first kappa shape index (κ1) is 28.6. The number of aryl methyl sites for hydroxylation is 2. The largest absolute Gasteiger partial charge is 0.350 e. The summed E-state index contributed by atoms with van der Waals surface area (Å²) in [7, 11) is 0. The number of nitrogens with zero attached hydrogens (tertiary/aromatic N) is 3. The van der Waals surface area contributed by atoms with Crippen molar-refractivity contribution < 1.29 is 14.0 Å². The number of hydrogen-bond donors (Lipinski definition) is 1. The number of carbonyl (C=O) groups is 2. The lowest BCUT2D eigenvalue weighted by Gasteiger charge is -2.24. The zero-order valence-corrected chi connectivity index (χ0v) is 24.9. The Kier molecular flexibility index (Phi) is 8.04. The van der Waals surface area contributed by atoms with E-state index in [2.05, 4.69) is 51.2 Å². The second-order valence-corrected chi connectivity index (χ2v) is 12.7. The molecular formula is C33H35FN4O2S. The molecule has 8 heteroatoms. The van der Waals surface area contributed by atoms with Crippen LogP contribution in [0, 0.1) is 19.7 Å². The van der Waals surface area contributed by atoms with Crippen LogP contribution in [-0.4, -0.2) is 33.9 Å². The molecule has 0 aliphatic carbocycles. The molecule has 5 rings (SSSR count). The number of benzene rings is 3. The zero-order valence-electron chi connectivity index (χ0n) is 24.1. The minimum absolute atomic E-state index is 0.144. The standard InChI is InChI=1S/C33H35FN4O2S/c1-21-9-15-26(16-10-21)38-32-29(31(36-38)33(3,4)5)30(24-8-6-7-22(2)17-24)41-20-28(40)37(32)19-27(39)35-18-23-11-13-25(34)14-12-23/h6-17,30H,18-20H2,1-5H3,(H,35,39)/t30-/m0/s1. The van der Waals surface area contributed by atoms with Crippen molar-refractivity contribution in [3.63, 3.8) is 0 Å². The Bertz CT molecular complexity index is 1570. The molecule has 212 valence electrons. The molecule has 0 saturated carbocycles. The Balaban J connectivity index is 1.63. The minimum Gasteiger partial charge on any atom is -0.350 e. The quantitative estimate of drug-likeness (QED) is 0.291. The number of fused-ring (bicyclic) bond motifs is 1. The Morgan fingerprint density at radius 1 is 1.02 bits per heavy atom. The van der Waals surface area contributed by atoms with E-state index in [-0.39, 0.29) is 47.1 Å². The third-order valence-corrected chi connectivity index (χ3v) is 8.38. The summed E-state index contributed by atoms with van der Waals surface area (Å²) in [6.07, 6.45) is 0. The first-order valence-corrected chi connectivity index (χ1v) is 14.8. The number of amides is 2. The van der Waals surface area contributed by atoms with Gasteiger partial charge in [0.05, 0.1) is 22.4 Å². The number of hydrogen-bond acceptors (Lipinski definition) is 4. The van der Waals surface area contributed by atoms with Crippen molar-refractivity contribution in [2.75, 3.05) is 17.2 Å². The van der Waals surface area contributed by atoms with Gasteiger partial charge in [-0.05, 0) is 49.2 Å². The monoisotopic (exact) mass is 570 g/mol. The predicted octanol–water partition coefficient (Wildman–Crippen LogP) is 6.41. The Morgan fingerprint density at radius 2 is 1.73 bits per heavy atom. The average molecular weight is 571 g/mol. The topological polar surface area (TPSA) is 67.2 Å². The molecular weight excluding hydrogens is 535 g/mol. The molecule has 0 bridgehead atoms. The van der Waals surface area contributed by atoms with E-state index < -0.39 is 0 Å². The van der Waals surface area contributed by atoms with Crippen molar-refractivity contribution in [2.45, 2.75) is 51.8 Å². The van der Waals surface area contributed by atoms with Crippen molar-refractivity contribution in [1.29, 1.82) is 0 Å². The zero-order chi connectivity index (χ0) is 29.3. The smallest absolute Gasteiger partial charge is 0.240 e. The van der Waals surface area contributed by atoms with Crippen LogP contribution in [0.15, 0.2) is 72.8 Å². The number of thioether (sulfide) groups is 1. The van der Waals surface area contributed by atoms with Gasteiger partial charge >= 0.3 is 0 Å². The first-order chi connectivity index (χ1) is 19.5. The minimum atomic E-state index is -0.331. The van der Waals surface area contributed by atoms with Gasteiger partial charge in [-0.2, -0.15) is 5.10 Å². The maximum absolute atomic E-state index is 13.8. The van der Waals surface area contributed by atoms with Gasteiger partial charge in [-0.1, -0.05) is 80.4 Å². The van der Waals surface area contributed by atoms with Crippen LogP contribution in [0.4, 0.5) is 10.2 Å². The van der Waals surface area contributed by atoms with Gasteiger partial charge in [-0.15, -0.1) is 11.8 Å². The molecule has 0 saturated heterocycles. The second-order valence-electron chi connectivity index (χ2n) is 11.6. The lowest BCUT2D eigenvalue weighted by atomic mass is 9.87. The highest BCUT2D eigenvalue weighted by atomic mass is 32.2. The molecule has 1 atom stereocenters. The maximum atomic E-state index is 13.8. The highest BCUT2D eigenvalue weighted by Crippen LogP contribution is 2.48. The van der Waals surface area contributed by atoms with E-state index in [1.807, 2.05) is 41.9 Å². The molecule has 6 nitrogen and oxygen atoms in total. The summed E-state index contributed by atoms with van der Waals surface area (Å²) in [6, 6.07) is 22.4. The number of halogens is 1. The highest BCUT2D eigenvalue weighted by Gasteiger charge is 2.39. The van der Waals surface area contributed by atoms with Gasteiger partial charge in [0.25, 0.3) is 0 Å². The summed E-state index contributed by atoms with van der Waals surface area (Å²) in [5.74, 6) is 0.0500. The van der Waals surface area contributed by atoms with Crippen LogP contribution in [-0.2, 0) is 21.5 Å². The summed E-state index contributed by atoms with van der Waals surface area (Å²) in [5, 5.41) is 7.89. The number of carbonyl (C=O) groups excluding carboxylic acids is 2. The SMILES string of the molecule is Cc1ccc(-n2nc(C(C)(C)C)c3c2N(CC(=O)NCc2ccc(F)cc2)C(=O)CS[C@H]3c2cccc(C)c2)cc1. The Hall–Kier alpha value is -3.91. The lowest BCUT2D eigenvalue weighted by molar-refractivity contribution is -0.123. The average Bonchev–Trinajstić information content (AvgIpc) is 3.26. The van der Waals surface area contributed by atoms with Crippen LogP contribution in [0.5, 0.6) is 0 Å². The van der Waals surface area contributed by atoms with Gasteiger partial charge in [-0.25, -0.2) is 9.07 Å². The number of nitrogens with one attached hydrogen (secondary N) is 1. The molecule has 0 fully saturated rings. The summed E-state index contributed by atoms with van der Waals surface area (Å²) < 4.78 is 15.2. The van der Waals surface area contributed by atoms with Crippen LogP contribution in [0.2, 0.25) is 0 Å². The molecule has 41 heavy (non-hydrogen) atoms. The third kappa shape index (κ3) is 6.22. The van der Waals surface area contributed by atoms with Gasteiger partial charge in [0.2, 0.25) is 11.8 Å². The fourth-order valence-corrected chi connectivity index (χ4v) is 6.23. The first-order valence-electron chi connectivity index (χ1n) is 13.7. The van der Waals surface area contributed by atoms with Gasteiger partial charge < -0.3 is 5.32 Å². The van der Waals surface area contributed by atoms with Gasteiger partial charge in [0.1, 0.15) is 18.2 Å². The van der Waals surface area contributed by atoms with E-state index in [4.69, 9.17) is 5.10 Å². The van der Waals surface area contributed by atoms with Crippen LogP contribution >= 0.6 is 11.8 Å². The molecule has 1 N–H and O–H groups in total. The molecule has 2 amide bonds. The third-order valence-electron chi connectivity index (χ3n) is 7.13. The van der Waals surface area contributed by atoms with Crippen molar-refractivity contribution in [3.8, 4) is 5.69 Å². The lowest BCUT2D eigenvalue weighted by Crippen LogP contribution is -2.42. The molecule has 2 heterocycles. The van der Waals surface area contributed by atoms with Crippen LogP contribution < -0.4 is 10.2 Å². The van der Waals surface area contributed by atoms with Crippen molar-refractivity contribution in [1.82, 2.24) is 15.1 Å². The van der Waals surface area contributed by atoms with Crippen molar-refractivity contribution in [3.05, 3.63) is 112 Å². The molecule has 4 aromatic rings. The molecule has 0 unspecified atom stereocenters. The molecule has 1 aromatic heterocycles. The molecule has 0 radical (unpaired) electrons. The van der Waals surface area contributed by atoms with E-state index in [1.165, 1.54) is 12.1 Å². The molecule has 1 aliphatic rings. The van der Waals surface area contributed by atoms with Crippen LogP contribution in [0.3, 0.4) is 0 Å². The van der Waals surface area contributed by atoms with Gasteiger partial charge in [0, 0.05) is 17.5 Å². The molecule has 3 aromatic carbocycles. The van der Waals surface area contributed by atoms with E-state index in [0.717, 1.165) is 39.2 Å². The second kappa shape index (κ2) is 11.5. The fourth-order valence-electron chi connectivity index (χ4n) is 5.04. The normalized spacial score (nSPS) is 15.4. The summed E-state index contributed by atoms with van der Waals surface area (Å²) in [4.78, 5) is 28.7. The Labute approximate surface area is 245 Å². The maximum Gasteiger partial charge on any atom is 0.240 e. The van der Waals surface area contributed by atoms with Gasteiger partial charge in [0.15, 0.2) is 0 Å². The van der Waals surface area contributed by atoms with Crippen molar-refractivity contribution in [2.24, 2.45) is 0 Å². The van der Waals surface area contributed by atoms with E-state index >= 15 is 0 Å². The number of rotatable bonds is 6. The fraction of sp³-hybridized carbons (Fsp3) is 0.303. The predicted molar refractivity (Wildman–Crippen MR) is 163 cm³/mol. The van der Waals surface area contributed by atoms with Crippen LogP contribution in [0.1, 0.15) is 59.5 Å².